The van der Waals surface area contributed by atoms with Crippen LogP contribution in [0.25, 0.3) is 0 Å². The minimum atomic E-state index is -0.552. The van der Waals surface area contributed by atoms with Gasteiger partial charge in [0.2, 0.25) is 0 Å². The van der Waals surface area contributed by atoms with Gasteiger partial charge in [-0.2, -0.15) is 0 Å². The van der Waals surface area contributed by atoms with Crippen LogP contribution in [-0.4, -0.2) is 50.1 Å². The van der Waals surface area contributed by atoms with Gasteiger partial charge in [-0.05, 0) is 19.9 Å². The van der Waals surface area contributed by atoms with Crippen molar-refractivity contribution in [3.8, 4) is 0 Å². The standard InChI is InChI=1S/C14H24N2O3/c1-11(10-19-4)16(8-9-18-3)14-13(12(2)17)6-5-7-15-14/h5-7,11-12,17H,8-10H2,1-4H3/t11?,12-/m1/s1. The number of ether oxygens (including phenoxy) is 2. The van der Waals surface area contributed by atoms with Crippen molar-refractivity contribution in [1.82, 2.24) is 4.98 Å². The molecule has 108 valence electrons. The maximum atomic E-state index is 9.86. The summed E-state index contributed by atoms with van der Waals surface area (Å²) in [6.07, 6.45) is 1.18. The van der Waals surface area contributed by atoms with Crippen LogP contribution >= 0.6 is 0 Å². The van der Waals surface area contributed by atoms with E-state index in [2.05, 4.69) is 16.8 Å². The number of aliphatic hydroxyl groups is 1. The Kier molecular flexibility index (Phi) is 6.77. The van der Waals surface area contributed by atoms with Crippen molar-refractivity contribution < 1.29 is 14.6 Å². The van der Waals surface area contributed by atoms with Gasteiger partial charge in [0.1, 0.15) is 5.82 Å². The van der Waals surface area contributed by atoms with Gasteiger partial charge in [0.15, 0.2) is 0 Å². The normalized spacial score (nSPS) is 14.2. The molecule has 0 fully saturated rings. The van der Waals surface area contributed by atoms with Crippen molar-refractivity contribution in [3.63, 3.8) is 0 Å². The average molecular weight is 268 g/mol. The quantitative estimate of drug-likeness (QED) is 0.776. The molecule has 0 bridgehead atoms. The molecule has 1 rings (SSSR count). The first kappa shape index (κ1) is 15.9. The Morgan fingerprint density at radius 3 is 2.63 bits per heavy atom. The second-order valence-corrected chi connectivity index (χ2v) is 4.58. The number of methoxy groups -OCH3 is 2. The Labute approximate surface area is 115 Å². The van der Waals surface area contributed by atoms with Crippen molar-refractivity contribution in [3.05, 3.63) is 23.9 Å². The number of aliphatic hydroxyl groups excluding tert-OH is 1. The van der Waals surface area contributed by atoms with Crippen LogP contribution in [0, 0.1) is 0 Å². The van der Waals surface area contributed by atoms with Gasteiger partial charge >= 0.3 is 0 Å². The van der Waals surface area contributed by atoms with Crippen LogP contribution in [0.1, 0.15) is 25.5 Å². The summed E-state index contributed by atoms with van der Waals surface area (Å²) >= 11 is 0. The van der Waals surface area contributed by atoms with Gasteiger partial charge in [-0.1, -0.05) is 6.07 Å². The molecule has 5 heteroatoms. The molecule has 0 saturated heterocycles. The van der Waals surface area contributed by atoms with E-state index in [9.17, 15) is 5.11 Å². The molecular weight excluding hydrogens is 244 g/mol. The molecule has 0 spiro atoms. The van der Waals surface area contributed by atoms with Crippen LogP contribution in [0.4, 0.5) is 5.82 Å². The molecule has 1 aromatic heterocycles. The first-order chi connectivity index (χ1) is 9.11. The lowest BCUT2D eigenvalue weighted by atomic mass is 10.1. The average Bonchev–Trinajstić information content (AvgIpc) is 2.40. The topological polar surface area (TPSA) is 54.8 Å². The minimum Gasteiger partial charge on any atom is -0.389 e. The monoisotopic (exact) mass is 268 g/mol. The highest BCUT2D eigenvalue weighted by molar-refractivity contribution is 5.48. The van der Waals surface area contributed by atoms with Gasteiger partial charge in [0.25, 0.3) is 0 Å². The molecule has 1 heterocycles. The fourth-order valence-corrected chi connectivity index (χ4v) is 2.03. The van der Waals surface area contributed by atoms with Crippen LogP contribution in [0.3, 0.4) is 0 Å². The SMILES string of the molecule is COCCN(c1ncccc1[C@@H](C)O)C(C)COC. The fraction of sp³-hybridized carbons (Fsp3) is 0.643. The van der Waals surface area contributed by atoms with Gasteiger partial charge in [-0.3, -0.25) is 0 Å². The summed E-state index contributed by atoms with van der Waals surface area (Å²) in [4.78, 5) is 6.52. The van der Waals surface area contributed by atoms with Crippen molar-refractivity contribution in [2.75, 3.05) is 38.9 Å². The highest BCUT2D eigenvalue weighted by Crippen LogP contribution is 2.25. The Morgan fingerprint density at radius 2 is 2.05 bits per heavy atom. The zero-order chi connectivity index (χ0) is 14.3. The highest BCUT2D eigenvalue weighted by Gasteiger charge is 2.20. The van der Waals surface area contributed by atoms with Crippen molar-refractivity contribution in [2.24, 2.45) is 0 Å². The molecular formula is C14H24N2O3. The van der Waals surface area contributed by atoms with Crippen LogP contribution in [0.15, 0.2) is 18.3 Å². The number of nitrogens with zero attached hydrogens (tertiary/aromatic N) is 2. The number of rotatable bonds is 8. The first-order valence-corrected chi connectivity index (χ1v) is 6.49. The number of anilines is 1. The summed E-state index contributed by atoms with van der Waals surface area (Å²) in [6.45, 7) is 5.72. The third-order valence-corrected chi connectivity index (χ3v) is 3.02. The lowest BCUT2D eigenvalue weighted by Crippen LogP contribution is -2.40. The third kappa shape index (κ3) is 4.45. The summed E-state index contributed by atoms with van der Waals surface area (Å²) in [7, 11) is 3.35. The lowest BCUT2D eigenvalue weighted by Gasteiger charge is -2.31. The molecule has 1 aromatic rings. The minimum absolute atomic E-state index is 0.160. The lowest BCUT2D eigenvalue weighted by molar-refractivity contribution is 0.169. The molecule has 19 heavy (non-hydrogen) atoms. The van der Waals surface area contributed by atoms with Crippen LogP contribution in [-0.2, 0) is 9.47 Å². The molecule has 0 amide bonds. The van der Waals surface area contributed by atoms with E-state index in [1.54, 1.807) is 27.3 Å². The number of hydrogen-bond acceptors (Lipinski definition) is 5. The molecule has 0 aliphatic rings. The molecule has 0 aliphatic carbocycles. The Balaban J connectivity index is 3.02. The summed E-state index contributed by atoms with van der Waals surface area (Å²) in [5.41, 5.74) is 0.821. The number of aromatic nitrogens is 1. The van der Waals surface area contributed by atoms with E-state index in [4.69, 9.17) is 9.47 Å². The summed E-state index contributed by atoms with van der Waals surface area (Å²) in [5, 5.41) is 9.86. The molecule has 1 N–H and O–H groups in total. The van der Waals surface area contributed by atoms with Gasteiger partial charge in [0.05, 0.1) is 25.4 Å². The summed E-state index contributed by atoms with van der Waals surface area (Å²) in [5.74, 6) is 0.791. The van der Waals surface area contributed by atoms with Crippen LogP contribution < -0.4 is 4.90 Å². The smallest absolute Gasteiger partial charge is 0.134 e. The highest BCUT2D eigenvalue weighted by atomic mass is 16.5. The zero-order valence-corrected chi connectivity index (χ0v) is 12.2. The van der Waals surface area contributed by atoms with Gasteiger partial charge in [0, 0.05) is 32.5 Å². The van der Waals surface area contributed by atoms with Crippen molar-refractivity contribution in [1.29, 1.82) is 0 Å². The maximum Gasteiger partial charge on any atom is 0.134 e. The molecule has 0 radical (unpaired) electrons. The van der Waals surface area contributed by atoms with Crippen LogP contribution in [0.2, 0.25) is 0 Å². The summed E-state index contributed by atoms with van der Waals surface area (Å²) in [6, 6.07) is 3.89. The Morgan fingerprint density at radius 1 is 1.32 bits per heavy atom. The van der Waals surface area contributed by atoms with E-state index >= 15 is 0 Å². The van der Waals surface area contributed by atoms with E-state index in [0.29, 0.717) is 19.8 Å². The Hall–Kier alpha value is -1.17. The zero-order valence-electron chi connectivity index (χ0n) is 12.2. The predicted octanol–water partition coefficient (Wildman–Crippen LogP) is 1.62. The Bertz CT molecular complexity index is 371. The number of hydrogen-bond donors (Lipinski definition) is 1. The van der Waals surface area contributed by atoms with Crippen molar-refractivity contribution >= 4 is 5.82 Å². The van der Waals surface area contributed by atoms with E-state index in [1.165, 1.54) is 0 Å². The molecule has 0 aliphatic heterocycles. The van der Waals surface area contributed by atoms with Crippen LogP contribution in [0.5, 0.6) is 0 Å². The van der Waals surface area contributed by atoms with E-state index in [1.807, 2.05) is 12.1 Å². The first-order valence-electron chi connectivity index (χ1n) is 6.49. The largest absolute Gasteiger partial charge is 0.389 e. The molecule has 1 unspecified atom stereocenters. The van der Waals surface area contributed by atoms with E-state index in [0.717, 1.165) is 11.4 Å². The fourth-order valence-electron chi connectivity index (χ4n) is 2.03. The second kappa shape index (κ2) is 8.09. The maximum absolute atomic E-state index is 9.86. The van der Waals surface area contributed by atoms with Crippen molar-refractivity contribution in [2.45, 2.75) is 26.0 Å². The van der Waals surface area contributed by atoms with E-state index in [-0.39, 0.29) is 6.04 Å². The molecule has 0 aromatic carbocycles. The molecule has 2 atom stereocenters. The third-order valence-electron chi connectivity index (χ3n) is 3.02. The molecule has 5 nitrogen and oxygen atoms in total. The number of pyridine rings is 1. The van der Waals surface area contributed by atoms with Gasteiger partial charge < -0.3 is 19.5 Å². The second-order valence-electron chi connectivity index (χ2n) is 4.58. The molecule has 0 saturated carbocycles. The predicted molar refractivity (Wildman–Crippen MR) is 75.4 cm³/mol. The summed E-state index contributed by atoms with van der Waals surface area (Å²) < 4.78 is 10.4. The van der Waals surface area contributed by atoms with Gasteiger partial charge in [-0.15, -0.1) is 0 Å². The van der Waals surface area contributed by atoms with Gasteiger partial charge in [-0.25, -0.2) is 4.98 Å². The van der Waals surface area contributed by atoms with E-state index < -0.39 is 6.10 Å².